The second-order valence-electron chi connectivity index (χ2n) is 6.38. The maximum Gasteiger partial charge on any atom is 0.275 e. The molecule has 1 aliphatic heterocycles. The Kier molecular flexibility index (Phi) is 4.02. The van der Waals surface area contributed by atoms with Crippen LogP contribution in [0.4, 0.5) is 0 Å². The number of fused-ring (bicyclic) bond motifs is 1. The number of likely N-dealkylation sites (tertiary alicyclic amines) is 1. The van der Waals surface area contributed by atoms with Gasteiger partial charge in [-0.2, -0.15) is 10.1 Å². The van der Waals surface area contributed by atoms with E-state index in [1.54, 1.807) is 36.2 Å². The molecule has 3 aromatic rings. The summed E-state index contributed by atoms with van der Waals surface area (Å²) < 4.78 is 6.57. The number of aryl methyl sites for hydroxylation is 2. The normalized spacial score (nSPS) is 17.2. The molecule has 1 aromatic carbocycles. The molecule has 1 atom stereocenters. The summed E-state index contributed by atoms with van der Waals surface area (Å²) in [5.41, 5.74) is 0.0458. The average molecular weight is 353 g/mol. The Bertz CT molecular complexity index is 1040. The van der Waals surface area contributed by atoms with Gasteiger partial charge in [-0.15, -0.1) is 0 Å². The lowest BCUT2D eigenvalue weighted by Crippen LogP contribution is -2.33. The maximum atomic E-state index is 13.2. The third-order valence-electron chi connectivity index (χ3n) is 4.76. The minimum atomic E-state index is -0.256. The summed E-state index contributed by atoms with van der Waals surface area (Å²) in [5.74, 6) is 0.863. The molecule has 1 saturated heterocycles. The van der Waals surface area contributed by atoms with Crippen molar-refractivity contribution >= 4 is 16.7 Å². The summed E-state index contributed by atoms with van der Waals surface area (Å²) in [6, 6.07) is 6.79. The van der Waals surface area contributed by atoms with E-state index in [-0.39, 0.29) is 23.2 Å². The van der Waals surface area contributed by atoms with Gasteiger partial charge in [-0.25, -0.2) is 4.68 Å². The Morgan fingerprint density at radius 1 is 1.31 bits per heavy atom. The summed E-state index contributed by atoms with van der Waals surface area (Å²) in [5, 5.41) is 9.22. The van der Waals surface area contributed by atoms with E-state index in [1.165, 1.54) is 4.68 Å². The first-order valence-electron chi connectivity index (χ1n) is 8.69. The van der Waals surface area contributed by atoms with Crippen molar-refractivity contribution in [1.82, 2.24) is 24.8 Å². The minimum Gasteiger partial charge on any atom is -0.337 e. The minimum absolute atomic E-state index is 0.223. The number of nitrogens with zero attached hydrogens (tertiary/aromatic N) is 5. The Balaban J connectivity index is 1.76. The lowest BCUT2D eigenvalue weighted by atomic mass is 10.1. The monoisotopic (exact) mass is 353 g/mol. The number of carbonyl (C=O) groups excluding carboxylic acids is 1. The van der Waals surface area contributed by atoms with Crippen LogP contribution in [0.15, 0.2) is 33.6 Å². The van der Waals surface area contributed by atoms with Gasteiger partial charge in [0.2, 0.25) is 5.89 Å². The Morgan fingerprint density at radius 3 is 2.81 bits per heavy atom. The Hall–Kier alpha value is -3.03. The molecule has 8 heteroatoms. The van der Waals surface area contributed by atoms with Gasteiger partial charge in [0, 0.05) is 25.4 Å². The topological polar surface area (TPSA) is 94.1 Å². The summed E-state index contributed by atoms with van der Waals surface area (Å²) >= 11 is 0. The lowest BCUT2D eigenvalue weighted by molar-refractivity contribution is 0.0704. The van der Waals surface area contributed by atoms with Crippen molar-refractivity contribution in [2.75, 3.05) is 6.54 Å². The van der Waals surface area contributed by atoms with Crippen LogP contribution < -0.4 is 5.56 Å². The molecule has 4 rings (SSSR count). The van der Waals surface area contributed by atoms with E-state index in [1.807, 2.05) is 6.92 Å². The van der Waals surface area contributed by atoms with Crippen molar-refractivity contribution in [2.45, 2.75) is 32.2 Å². The van der Waals surface area contributed by atoms with Crippen molar-refractivity contribution in [3.8, 4) is 0 Å². The molecule has 1 amide bonds. The maximum absolute atomic E-state index is 13.2. The van der Waals surface area contributed by atoms with Crippen LogP contribution in [0, 0.1) is 0 Å². The van der Waals surface area contributed by atoms with Gasteiger partial charge in [-0.05, 0) is 18.9 Å². The van der Waals surface area contributed by atoms with Crippen molar-refractivity contribution in [1.29, 1.82) is 0 Å². The summed E-state index contributed by atoms with van der Waals surface area (Å²) in [6.45, 7) is 2.54. The molecule has 0 saturated carbocycles. The molecule has 0 aliphatic carbocycles. The molecule has 134 valence electrons. The van der Waals surface area contributed by atoms with E-state index in [0.29, 0.717) is 35.5 Å². The van der Waals surface area contributed by atoms with Gasteiger partial charge in [0.15, 0.2) is 11.5 Å². The SMILES string of the molecule is CCc1noc([C@@H]2CCCN2C(=O)c2nn(C)c(=O)c3ccccc23)n1. The molecule has 0 unspecified atom stereocenters. The third kappa shape index (κ3) is 2.58. The predicted octanol–water partition coefficient (Wildman–Crippen LogP) is 1.86. The van der Waals surface area contributed by atoms with Crippen molar-refractivity contribution in [3.05, 3.63) is 52.0 Å². The molecular formula is C18H19N5O3. The van der Waals surface area contributed by atoms with Crippen molar-refractivity contribution in [3.63, 3.8) is 0 Å². The zero-order valence-corrected chi connectivity index (χ0v) is 14.7. The summed E-state index contributed by atoms with van der Waals surface area (Å²) in [7, 11) is 1.55. The highest BCUT2D eigenvalue weighted by Crippen LogP contribution is 2.32. The third-order valence-corrected chi connectivity index (χ3v) is 4.76. The zero-order chi connectivity index (χ0) is 18.3. The van der Waals surface area contributed by atoms with Crippen LogP contribution in [0.2, 0.25) is 0 Å². The van der Waals surface area contributed by atoms with Gasteiger partial charge in [-0.3, -0.25) is 9.59 Å². The van der Waals surface area contributed by atoms with Crippen LogP contribution in [0.5, 0.6) is 0 Å². The van der Waals surface area contributed by atoms with Crippen molar-refractivity contribution in [2.24, 2.45) is 7.05 Å². The van der Waals surface area contributed by atoms with Crippen LogP contribution in [-0.4, -0.2) is 37.3 Å². The van der Waals surface area contributed by atoms with E-state index in [4.69, 9.17) is 4.52 Å². The van der Waals surface area contributed by atoms with Crippen LogP contribution in [-0.2, 0) is 13.5 Å². The van der Waals surface area contributed by atoms with Crippen LogP contribution >= 0.6 is 0 Å². The molecule has 0 spiro atoms. The quantitative estimate of drug-likeness (QED) is 0.713. The van der Waals surface area contributed by atoms with Gasteiger partial charge < -0.3 is 9.42 Å². The van der Waals surface area contributed by atoms with E-state index in [2.05, 4.69) is 15.2 Å². The van der Waals surface area contributed by atoms with E-state index >= 15 is 0 Å². The predicted molar refractivity (Wildman–Crippen MR) is 93.7 cm³/mol. The van der Waals surface area contributed by atoms with E-state index < -0.39 is 0 Å². The molecule has 0 radical (unpaired) electrons. The Labute approximate surface area is 149 Å². The molecule has 3 heterocycles. The summed E-state index contributed by atoms with van der Waals surface area (Å²) in [4.78, 5) is 31.6. The van der Waals surface area contributed by atoms with Crippen molar-refractivity contribution < 1.29 is 9.32 Å². The largest absolute Gasteiger partial charge is 0.337 e. The van der Waals surface area contributed by atoms with Gasteiger partial charge in [0.25, 0.3) is 11.5 Å². The molecular weight excluding hydrogens is 334 g/mol. The highest BCUT2D eigenvalue weighted by atomic mass is 16.5. The van der Waals surface area contributed by atoms with Gasteiger partial charge in [0.1, 0.15) is 6.04 Å². The first-order chi connectivity index (χ1) is 12.6. The van der Waals surface area contributed by atoms with Gasteiger partial charge in [0.05, 0.1) is 5.39 Å². The van der Waals surface area contributed by atoms with Crippen LogP contribution in [0.1, 0.15) is 48.0 Å². The number of hydrogen-bond donors (Lipinski definition) is 0. The average Bonchev–Trinajstić information content (AvgIpc) is 3.32. The first kappa shape index (κ1) is 16.4. The molecule has 1 fully saturated rings. The van der Waals surface area contributed by atoms with Crippen LogP contribution in [0.3, 0.4) is 0 Å². The number of amides is 1. The fourth-order valence-corrected chi connectivity index (χ4v) is 3.41. The second-order valence-corrected chi connectivity index (χ2v) is 6.38. The van der Waals surface area contributed by atoms with Gasteiger partial charge >= 0.3 is 0 Å². The van der Waals surface area contributed by atoms with Crippen LogP contribution in [0.25, 0.3) is 10.8 Å². The molecule has 26 heavy (non-hydrogen) atoms. The fraction of sp³-hybridized carbons (Fsp3) is 0.389. The summed E-state index contributed by atoms with van der Waals surface area (Å²) in [6.07, 6.45) is 2.29. The molecule has 0 bridgehead atoms. The zero-order valence-electron chi connectivity index (χ0n) is 14.7. The smallest absolute Gasteiger partial charge is 0.275 e. The highest BCUT2D eigenvalue weighted by molar-refractivity contribution is 6.05. The molecule has 2 aromatic heterocycles. The van der Waals surface area contributed by atoms with Gasteiger partial charge in [-0.1, -0.05) is 30.3 Å². The molecule has 1 aliphatic rings. The number of carbonyl (C=O) groups is 1. The fourth-order valence-electron chi connectivity index (χ4n) is 3.41. The number of benzene rings is 1. The first-order valence-corrected chi connectivity index (χ1v) is 8.69. The van der Waals surface area contributed by atoms with E-state index in [9.17, 15) is 9.59 Å². The standard InChI is InChI=1S/C18H19N5O3/c1-3-14-19-16(26-21-14)13-9-6-10-23(13)18(25)15-11-7-4-5-8-12(11)17(24)22(2)20-15/h4-5,7-8,13H,3,6,9-10H2,1-2H3/t13-/m0/s1. The van der Waals surface area contributed by atoms with E-state index in [0.717, 1.165) is 12.8 Å². The highest BCUT2D eigenvalue weighted by Gasteiger charge is 2.36. The Morgan fingerprint density at radius 2 is 2.08 bits per heavy atom. The number of hydrogen-bond acceptors (Lipinski definition) is 6. The molecule has 8 nitrogen and oxygen atoms in total. The molecule has 0 N–H and O–H groups in total. The number of aromatic nitrogens is 4. The number of rotatable bonds is 3. The lowest BCUT2D eigenvalue weighted by Gasteiger charge is -2.22. The second kappa shape index (κ2) is 6.36.